The smallest absolute Gasteiger partial charge is 0.306 e. The molecular formula is C2H4BrNO4. The largest absolute Gasteiger partial charge is 0.446 e. The molecular weight excluding hydrogens is 182 g/mol. The van der Waals surface area contributed by atoms with E-state index in [4.69, 9.17) is 10.2 Å². The molecule has 0 radical (unpaired) electrons. The lowest BCUT2D eigenvalue weighted by Crippen LogP contribution is -2.39. The normalized spacial score (nSPS) is 11.4. The van der Waals surface area contributed by atoms with Crippen LogP contribution in [0.25, 0.3) is 0 Å². The van der Waals surface area contributed by atoms with Crippen LogP contribution in [0.3, 0.4) is 0 Å². The molecule has 0 bridgehead atoms. The minimum atomic E-state index is -2.82. The fourth-order valence-corrected chi connectivity index (χ4v) is 0.254. The van der Waals surface area contributed by atoms with E-state index >= 15 is 0 Å². The van der Waals surface area contributed by atoms with Gasteiger partial charge in [-0.05, 0) is 0 Å². The third-order valence-corrected chi connectivity index (χ3v) is 1.22. The first-order valence-corrected chi connectivity index (χ1v) is 2.78. The number of aliphatic hydroxyl groups is 2. The van der Waals surface area contributed by atoms with Gasteiger partial charge in [-0.2, -0.15) is 0 Å². The predicted molar refractivity (Wildman–Crippen MR) is 28.0 cm³/mol. The summed E-state index contributed by atoms with van der Waals surface area (Å²) in [5, 5.41) is 25.5. The molecule has 0 rings (SSSR count). The van der Waals surface area contributed by atoms with Gasteiger partial charge in [0.25, 0.3) is 0 Å². The van der Waals surface area contributed by atoms with Crippen LogP contribution >= 0.6 is 15.9 Å². The van der Waals surface area contributed by atoms with Crippen molar-refractivity contribution in [1.29, 1.82) is 0 Å². The van der Waals surface area contributed by atoms with Gasteiger partial charge in [-0.15, -0.1) is 0 Å². The number of nitro groups is 1. The first-order valence-electron chi connectivity index (χ1n) is 1.66. The number of hydrogen-bond acceptors (Lipinski definition) is 4. The van der Waals surface area contributed by atoms with E-state index in [1.807, 2.05) is 0 Å². The first kappa shape index (κ1) is 7.80. The van der Waals surface area contributed by atoms with Gasteiger partial charge in [0.1, 0.15) is 5.33 Å². The van der Waals surface area contributed by atoms with Gasteiger partial charge < -0.3 is 10.2 Å². The van der Waals surface area contributed by atoms with Crippen LogP contribution in [0.15, 0.2) is 0 Å². The van der Waals surface area contributed by atoms with Crippen molar-refractivity contribution in [2.24, 2.45) is 0 Å². The van der Waals surface area contributed by atoms with Crippen molar-refractivity contribution in [2.75, 3.05) is 5.33 Å². The Morgan fingerprint density at radius 2 is 2.12 bits per heavy atom. The Kier molecular flexibility index (Phi) is 2.32. The summed E-state index contributed by atoms with van der Waals surface area (Å²) in [5.74, 6) is -2.82. The summed E-state index contributed by atoms with van der Waals surface area (Å²) in [5.41, 5.74) is 0. The molecule has 0 fully saturated rings. The number of hydrogen-bond donors (Lipinski definition) is 2. The summed E-state index contributed by atoms with van der Waals surface area (Å²) in [6.45, 7) is 0. The standard InChI is InChI=1S/C2H4BrNO4/c3-1-2(5,6)4(7)8/h5-6H,1H2. The van der Waals surface area contributed by atoms with Crippen molar-refractivity contribution in [2.45, 2.75) is 5.91 Å². The maximum atomic E-state index is 9.53. The number of nitrogens with zero attached hydrogens (tertiary/aromatic N) is 1. The SMILES string of the molecule is O=[N+]([O-])C(O)(O)CBr. The Hall–Kier alpha value is -0.200. The van der Waals surface area contributed by atoms with Crippen molar-refractivity contribution in [3.05, 3.63) is 10.1 Å². The molecule has 0 atom stereocenters. The quantitative estimate of drug-likeness (QED) is 0.258. The molecule has 2 N–H and O–H groups in total. The third-order valence-electron chi connectivity index (χ3n) is 0.472. The highest BCUT2D eigenvalue weighted by atomic mass is 79.9. The van der Waals surface area contributed by atoms with Gasteiger partial charge >= 0.3 is 5.91 Å². The molecule has 0 aliphatic carbocycles. The number of rotatable bonds is 2. The van der Waals surface area contributed by atoms with Gasteiger partial charge in [0.2, 0.25) is 0 Å². The maximum Gasteiger partial charge on any atom is 0.446 e. The average molecular weight is 186 g/mol. The van der Waals surface area contributed by atoms with Crippen LogP contribution in [0.5, 0.6) is 0 Å². The van der Waals surface area contributed by atoms with Crippen LogP contribution in [0.4, 0.5) is 0 Å². The van der Waals surface area contributed by atoms with Crippen LogP contribution in [0, 0.1) is 10.1 Å². The summed E-state index contributed by atoms with van der Waals surface area (Å²) in [7, 11) is 0. The van der Waals surface area contributed by atoms with Gasteiger partial charge in [-0.1, -0.05) is 15.9 Å². The number of halogens is 1. The lowest BCUT2D eigenvalue weighted by Gasteiger charge is -2.05. The molecule has 0 amide bonds. The van der Waals surface area contributed by atoms with Gasteiger partial charge in [-0.3, -0.25) is 10.1 Å². The second-order valence-corrected chi connectivity index (χ2v) is 1.73. The predicted octanol–water partition coefficient (Wildman–Crippen LogP) is -0.704. The van der Waals surface area contributed by atoms with Crippen LogP contribution < -0.4 is 0 Å². The molecule has 6 heteroatoms. The second-order valence-electron chi connectivity index (χ2n) is 1.17. The van der Waals surface area contributed by atoms with Crippen LogP contribution in [-0.4, -0.2) is 26.4 Å². The van der Waals surface area contributed by atoms with Crippen LogP contribution in [-0.2, 0) is 0 Å². The Morgan fingerprint density at radius 1 is 1.75 bits per heavy atom. The minimum absolute atomic E-state index is 0.493. The molecule has 0 aromatic rings. The van der Waals surface area contributed by atoms with E-state index < -0.39 is 16.2 Å². The average Bonchev–Trinajstić information content (AvgIpc) is 1.67. The zero-order valence-electron chi connectivity index (χ0n) is 3.74. The van der Waals surface area contributed by atoms with E-state index in [0.717, 1.165) is 0 Å². The third kappa shape index (κ3) is 1.73. The van der Waals surface area contributed by atoms with Gasteiger partial charge in [-0.25, -0.2) is 0 Å². The summed E-state index contributed by atoms with van der Waals surface area (Å²) in [6.07, 6.45) is 0. The van der Waals surface area contributed by atoms with E-state index in [1.54, 1.807) is 0 Å². The second kappa shape index (κ2) is 2.38. The highest BCUT2D eigenvalue weighted by molar-refractivity contribution is 9.09. The lowest BCUT2D eigenvalue weighted by atomic mass is 10.6. The van der Waals surface area contributed by atoms with Crippen LogP contribution in [0.2, 0.25) is 0 Å². The summed E-state index contributed by atoms with van der Waals surface area (Å²) >= 11 is 2.53. The van der Waals surface area contributed by atoms with Crippen molar-refractivity contribution in [1.82, 2.24) is 0 Å². The number of alkyl halides is 1. The van der Waals surface area contributed by atoms with Gasteiger partial charge in [0, 0.05) is 0 Å². The molecule has 8 heavy (non-hydrogen) atoms. The summed E-state index contributed by atoms with van der Waals surface area (Å²) in [6, 6.07) is 0. The fourth-order valence-electron chi connectivity index (χ4n) is 0.0488. The van der Waals surface area contributed by atoms with E-state index in [0.29, 0.717) is 0 Å². The van der Waals surface area contributed by atoms with Crippen molar-refractivity contribution >= 4 is 15.9 Å². The monoisotopic (exact) mass is 185 g/mol. The molecule has 0 saturated heterocycles. The topological polar surface area (TPSA) is 83.6 Å². The van der Waals surface area contributed by atoms with E-state index in [-0.39, 0.29) is 0 Å². The molecule has 0 heterocycles. The Morgan fingerprint density at radius 3 is 2.12 bits per heavy atom. The van der Waals surface area contributed by atoms with Crippen molar-refractivity contribution in [3.8, 4) is 0 Å². The highest BCUT2D eigenvalue weighted by Crippen LogP contribution is 2.02. The molecule has 0 aliphatic heterocycles. The molecule has 0 unspecified atom stereocenters. The molecule has 0 aliphatic rings. The molecule has 48 valence electrons. The van der Waals surface area contributed by atoms with E-state index in [1.165, 1.54) is 0 Å². The van der Waals surface area contributed by atoms with Crippen molar-refractivity contribution in [3.63, 3.8) is 0 Å². The van der Waals surface area contributed by atoms with E-state index in [2.05, 4.69) is 15.9 Å². The molecule has 0 aromatic carbocycles. The molecule has 0 saturated carbocycles. The highest BCUT2D eigenvalue weighted by Gasteiger charge is 2.35. The zero-order valence-corrected chi connectivity index (χ0v) is 5.33. The molecule has 0 spiro atoms. The van der Waals surface area contributed by atoms with Crippen LogP contribution in [0.1, 0.15) is 0 Å². The summed E-state index contributed by atoms with van der Waals surface area (Å²) < 4.78 is 0. The molecule has 0 aromatic heterocycles. The summed E-state index contributed by atoms with van der Waals surface area (Å²) in [4.78, 5) is 8.33. The Balaban J connectivity index is 3.91. The van der Waals surface area contributed by atoms with Gasteiger partial charge in [0.15, 0.2) is 0 Å². The first-order chi connectivity index (χ1) is 3.50. The van der Waals surface area contributed by atoms with Gasteiger partial charge in [0.05, 0.1) is 4.92 Å². The maximum absolute atomic E-state index is 9.53. The molecule has 5 nitrogen and oxygen atoms in total. The van der Waals surface area contributed by atoms with Crippen molar-refractivity contribution < 1.29 is 15.1 Å². The fraction of sp³-hybridized carbons (Fsp3) is 1.00. The minimum Gasteiger partial charge on any atom is -0.306 e. The lowest BCUT2D eigenvalue weighted by molar-refractivity contribution is -0.674. The van der Waals surface area contributed by atoms with E-state index in [9.17, 15) is 10.1 Å². The Bertz CT molecular complexity index is 102. The zero-order chi connectivity index (χ0) is 6.78. The Labute approximate surface area is 53.2 Å².